The van der Waals surface area contributed by atoms with E-state index < -0.39 is 0 Å². The molecule has 0 bridgehead atoms. The van der Waals surface area contributed by atoms with Crippen molar-refractivity contribution < 1.29 is 14.3 Å². The molecule has 2 amide bonds. The number of benzene rings is 2. The fraction of sp³-hybridized carbons (Fsp3) is 0.222. The molecule has 0 atom stereocenters. The number of ether oxygens (including phenoxy) is 1. The van der Waals surface area contributed by atoms with Gasteiger partial charge in [-0.05, 0) is 52.3 Å². The number of hydrogen-bond donors (Lipinski definition) is 1. The summed E-state index contributed by atoms with van der Waals surface area (Å²) in [6, 6.07) is 14.4. The van der Waals surface area contributed by atoms with Gasteiger partial charge in [0.1, 0.15) is 5.75 Å². The maximum absolute atomic E-state index is 12.2. The monoisotopic (exact) mass is 390 g/mol. The van der Waals surface area contributed by atoms with Gasteiger partial charge in [0.2, 0.25) is 5.91 Å². The van der Waals surface area contributed by atoms with Crippen molar-refractivity contribution in [1.29, 1.82) is 0 Å². The maximum Gasteiger partial charge on any atom is 0.252 e. The van der Waals surface area contributed by atoms with Crippen LogP contribution in [-0.4, -0.2) is 32.0 Å². The van der Waals surface area contributed by atoms with Crippen LogP contribution in [0.2, 0.25) is 0 Å². The molecule has 0 heterocycles. The predicted molar refractivity (Wildman–Crippen MR) is 97.5 cm³/mol. The van der Waals surface area contributed by atoms with Crippen molar-refractivity contribution in [2.24, 2.45) is 0 Å². The van der Waals surface area contributed by atoms with E-state index >= 15 is 0 Å². The first-order chi connectivity index (χ1) is 11.5. The molecule has 0 aromatic heterocycles. The van der Waals surface area contributed by atoms with Gasteiger partial charge in [0.15, 0.2) is 0 Å². The third-order valence-electron chi connectivity index (χ3n) is 3.50. The van der Waals surface area contributed by atoms with Crippen molar-refractivity contribution in [3.05, 3.63) is 58.6 Å². The summed E-state index contributed by atoms with van der Waals surface area (Å²) in [6.45, 7) is 2.24. The smallest absolute Gasteiger partial charge is 0.252 e. The second-order valence-electron chi connectivity index (χ2n) is 5.10. The average molecular weight is 391 g/mol. The van der Waals surface area contributed by atoms with Crippen LogP contribution in [0.5, 0.6) is 5.75 Å². The first-order valence-electron chi connectivity index (χ1n) is 7.48. The maximum atomic E-state index is 12.2. The van der Waals surface area contributed by atoms with Crippen LogP contribution < -0.4 is 15.0 Å². The highest BCUT2D eigenvalue weighted by atomic mass is 79.9. The Kier molecular flexibility index (Phi) is 6.37. The zero-order valence-electron chi connectivity index (χ0n) is 13.6. The van der Waals surface area contributed by atoms with Gasteiger partial charge in [-0.15, -0.1) is 0 Å². The molecule has 6 heteroatoms. The first-order valence-corrected chi connectivity index (χ1v) is 8.27. The largest absolute Gasteiger partial charge is 0.497 e. The third kappa shape index (κ3) is 4.58. The number of nitrogens with zero attached hydrogens (tertiary/aromatic N) is 1. The molecule has 24 heavy (non-hydrogen) atoms. The van der Waals surface area contributed by atoms with E-state index in [9.17, 15) is 9.59 Å². The molecule has 0 aliphatic heterocycles. The minimum Gasteiger partial charge on any atom is -0.497 e. The van der Waals surface area contributed by atoms with Gasteiger partial charge in [-0.3, -0.25) is 9.59 Å². The number of halogens is 1. The van der Waals surface area contributed by atoms with Crippen LogP contribution in [-0.2, 0) is 4.79 Å². The molecule has 0 spiro atoms. The van der Waals surface area contributed by atoms with E-state index in [0.29, 0.717) is 18.7 Å². The highest BCUT2D eigenvalue weighted by Crippen LogP contribution is 2.19. The Balaban J connectivity index is 1.98. The van der Waals surface area contributed by atoms with Crippen molar-refractivity contribution in [2.75, 3.05) is 25.1 Å². The van der Waals surface area contributed by atoms with Crippen LogP contribution in [0.25, 0.3) is 0 Å². The highest BCUT2D eigenvalue weighted by molar-refractivity contribution is 9.10. The van der Waals surface area contributed by atoms with Crippen molar-refractivity contribution in [3.63, 3.8) is 0 Å². The highest BCUT2D eigenvalue weighted by Gasteiger charge is 2.13. The molecule has 2 aromatic rings. The number of anilines is 1. The molecule has 0 saturated carbocycles. The van der Waals surface area contributed by atoms with Crippen LogP contribution in [0.15, 0.2) is 53.0 Å². The Hall–Kier alpha value is -2.34. The first kappa shape index (κ1) is 18.0. The number of nitrogens with one attached hydrogen (secondary N) is 1. The van der Waals surface area contributed by atoms with E-state index in [1.54, 1.807) is 36.3 Å². The van der Waals surface area contributed by atoms with Crippen molar-refractivity contribution in [3.8, 4) is 5.75 Å². The molecule has 126 valence electrons. The van der Waals surface area contributed by atoms with E-state index in [0.717, 1.165) is 15.9 Å². The van der Waals surface area contributed by atoms with Gasteiger partial charge in [-0.1, -0.05) is 12.1 Å². The molecule has 0 saturated heterocycles. The number of hydrogen-bond acceptors (Lipinski definition) is 3. The standard InChI is InChI=1S/C18H19BrN2O3/c1-13(22)21(14-7-9-15(24-2)10-8-14)12-11-20-18(23)16-5-3-4-6-17(16)19/h3-10H,11-12H2,1-2H3,(H,20,23). The van der Waals surface area contributed by atoms with E-state index in [4.69, 9.17) is 4.74 Å². The minimum atomic E-state index is -0.180. The van der Waals surface area contributed by atoms with Gasteiger partial charge in [0.25, 0.3) is 5.91 Å². The molecule has 5 nitrogen and oxygen atoms in total. The quantitative estimate of drug-likeness (QED) is 0.823. The van der Waals surface area contributed by atoms with Gasteiger partial charge < -0.3 is 15.0 Å². The van der Waals surface area contributed by atoms with Gasteiger partial charge >= 0.3 is 0 Å². The lowest BCUT2D eigenvalue weighted by Crippen LogP contribution is -2.37. The van der Waals surface area contributed by atoms with Crippen LogP contribution >= 0.6 is 15.9 Å². The van der Waals surface area contributed by atoms with Crippen LogP contribution in [0.1, 0.15) is 17.3 Å². The molecular formula is C18H19BrN2O3. The fourth-order valence-corrected chi connectivity index (χ4v) is 2.72. The SMILES string of the molecule is COc1ccc(N(CCNC(=O)c2ccccc2Br)C(C)=O)cc1. The summed E-state index contributed by atoms with van der Waals surface area (Å²) in [6.07, 6.45) is 0. The van der Waals surface area contributed by atoms with Crippen molar-refractivity contribution in [2.45, 2.75) is 6.92 Å². The van der Waals surface area contributed by atoms with Gasteiger partial charge in [-0.25, -0.2) is 0 Å². The van der Waals surface area contributed by atoms with Crippen LogP contribution in [0, 0.1) is 0 Å². The zero-order valence-corrected chi connectivity index (χ0v) is 15.2. The van der Waals surface area contributed by atoms with E-state index in [1.807, 2.05) is 24.3 Å². The Morgan fingerprint density at radius 3 is 2.38 bits per heavy atom. The minimum absolute atomic E-state index is 0.0877. The summed E-state index contributed by atoms with van der Waals surface area (Å²) in [7, 11) is 1.59. The molecule has 0 aliphatic carbocycles. The molecule has 1 N–H and O–H groups in total. The summed E-state index contributed by atoms with van der Waals surface area (Å²) in [4.78, 5) is 25.7. The normalized spacial score (nSPS) is 10.1. The Bertz CT molecular complexity index is 716. The molecule has 2 rings (SSSR count). The average Bonchev–Trinajstić information content (AvgIpc) is 2.59. The summed E-state index contributed by atoms with van der Waals surface area (Å²) in [5.74, 6) is 0.459. The van der Waals surface area contributed by atoms with Gasteiger partial charge in [0.05, 0.1) is 12.7 Å². The second-order valence-corrected chi connectivity index (χ2v) is 5.96. The zero-order chi connectivity index (χ0) is 17.5. The fourth-order valence-electron chi connectivity index (χ4n) is 2.25. The van der Waals surface area contributed by atoms with E-state index in [1.165, 1.54) is 6.92 Å². The number of carbonyl (C=O) groups is 2. The van der Waals surface area contributed by atoms with Gasteiger partial charge in [0, 0.05) is 30.2 Å². The molecule has 0 unspecified atom stereocenters. The summed E-state index contributed by atoms with van der Waals surface area (Å²) in [5, 5.41) is 2.83. The Morgan fingerprint density at radius 2 is 1.79 bits per heavy atom. The Morgan fingerprint density at radius 1 is 1.12 bits per heavy atom. The van der Waals surface area contributed by atoms with Crippen molar-refractivity contribution >= 4 is 33.4 Å². The lowest BCUT2D eigenvalue weighted by molar-refractivity contribution is -0.116. The van der Waals surface area contributed by atoms with Crippen LogP contribution in [0.4, 0.5) is 5.69 Å². The second kappa shape index (κ2) is 8.49. The molecular weight excluding hydrogens is 372 g/mol. The Labute approximate surface area is 149 Å². The molecule has 2 aromatic carbocycles. The lowest BCUT2D eigenvalue weighted by Gasteiger charge is -2.21. The van der Waals surface area contributed by atoms with E-state index in [2.05, 4.69) is 21.2 Å². The van der Waals surface area contributed by atoms with Crippen molar-refractivity contribution in [1.82, 2.24) is 5.32 Å². The predicted octanol–water partition coefficient (Wildman–Crippen LogP) is 3.24. The molecule has 0 fully saturated rings. The molecule has 0 aliphatic rings. The summed E-state index contributed by atoms with van der Waals surface area (Å²) in [5.41, 5.74) is 1.33. The number of amides is 2. The topological polar surface area (TPSA) is 58.6 Å². The number of methoxy groups -OCH3 is 1. The van der Waals surface area contributed by atoms with E-state index in [-0.39, 0.29) is 11.8 Å². The summed E-state index contributed by atoms with van der Waals surface area (Å²) >= 11 is 3.35. The lowest BCUT2D eigenvalue weighted by atomic mass is 10.2. The summed E-state index contributed by atoms with van der Waals surface area (Å²) < 4.78 is 5.85. The third-order valence-corrected chi connectivity index (χ3v) is 4.20. The number of rotatable bonds is 6. The molecule has 0 radical (unpaired) electrons. The number of carbonyl (C=O) groups excluding carboxylic acids is 2. The van der Waals surface area contributed by atoms with Crippen LogP contribution in [0.3, 0.4) is 0 Å². The van der Waals surface area contributed by atoms with Gasteiger partial charge in [-0.2, -0.15) is 0 Å².